The summed E-state index contributed by atoms with van der Waals surface area (Å²) in [5.41, 5.74) is 0. The van der Waals surface area contributed by atoms with Crippen molar-refractivity contribution in [3.63, 3.8) is 0 Å². The van der Waals surface area contributed by atoms with Crippen LogP contribution in [0.1, 0.15) is 24.7 Å². The predicted octanol–water partition coefficient (Wildman–Crippen LogP) is 2.24. The number of hydrogen-bond acceptors (Lipinski definition) is 4. The number of aromatic nitrogens is 4. The van der Waals surface area contributed by atoms with Gasteiger partial charge in [0, 0.05) is 5.02 Å². The van der Waals surface area contributed by atoms with Gasteiger partial charge >= 0.3 is 0 Å². The second kappa shape index (κ2) is 4.33. The molecule has 0 spiro atoms. The summed E-state index contributed by atoms with van der Waals surface area (Å²) in [6, 6.07) is 7.75. The molecule has 1 fully saturated rings. The summed E-state index contributed by atoms with van der Waals surface area (Å²) in [4.78, 5) is 0. The molecule has 0 bridgehead atoms. The number of nitrogens with zero attached hydrogens (tertiary/aromatic N) is 4. The summed E-state index contributed by atoms with van der Waals surface area (Å²) < 4.78 is 7.44. The van der Waals surface area contributed by atoms with Crippen LogP contribution in [0, 0.1) is 0 Å². The Morgan fingerprint density at radius 1 is 1.41 bits per heavy atom. The van der Waals surface area contributed by atoms with Crippen LogP contribution in [0.15, 0.2) is 24.3 Å². The molecule has 6 heteroatoms. The van der Waals surface area contributed by atoms with Gasteiger partial charge in [-0.1, -0.05) is 17.7 Å². The molecule has 0 atom stereocenters. The minimum atomic E-state index is 0.365. The number of halogens is 1. The molecule has 3 rings (SSSR count). The van der Waals surface area contributed by atoms with Gasteiger partial charge in [-0.3, -0.25) is 0 Å². The van der Waals surface area contributed by atoms with Gasteiger partial charge in [0.05, 0.1) is 6.04 Å². The largest absolute Gasteiger partial charge is 0.485 e. The summed E-state index contributed by atoms with van der Waals surface area (Å²) in [5, 5.41) is 12.2. The van der Waals surface area contributed by atoms with Crippen molar-refractivity contribution in [3.05, 3.63) is 35.1 Å². The summed E-state index contributed by atoms with van der Waals surface area (Å²) in [7, 11) is 0. The molecule has 2 aromatic rings. The third-order valence-electron chi connectivity index (χ3n) is 2.62. The molecule has 1 aromatic carbocycles. The molecular formula is C11H11ClN4O. The van der Waals surface area contributed by atoms with Gasteiger partial charge in [-0.05, 0) is 41.5 Å². The number of ether oxygens (including phenoxy) is 1. The highest BCUT2D eigenvalue weighted by Crippen LogP contribution is 2.34. The van der Waals surface area contributed by atoms with Crippen LogP contribution in [-0.2, 0) is 6.61 Å². The van der Waals surface area contributed by atoms with Crippen LogP contribution < -0.4 is 4.74 Å². The highest BCUT2D eigenvalue weighted by molar-refractivity contribution is 6.30. The van der Waals surface area contributed by atoms with Crippen molar-refractivity contribution in [2.75, 3.05) is 0 Å². The topological polar surface area (TPSA) is 52.8 Å². The van der Waals surface area contributed by atoms with Crippen molar-refractivity contribution in [3.8, 4) is 5.75 Å². The molecule has 0 aliphatic heterocycles. The Morgan fingerprint density at radius 2 is 2.29 bits per heavy atom. The third-order valence-corrected chi connectivity index (χ3v) is 2.85. The van der Waals surface area contributed by atoms with E-state index in [1.165, 1.54) is 0 Å². The first kappa shape index (κ1) is 10.5. The van der Waals surface area contributed by atoms with Gasteiger partial charge in [-0.15, -0.1) is 5.10 Å². The van der Waals surface area contributed by atoms with E-state index in [4.69, 9.17) is 16.3 Å². The van der Waals surface area contributed by atoms with Crippen LogP contribution in [0.25, 0.3) is 0 Å². The van der Waals surface area contributed by atoms with Crippen LogP contribution >= 0.6 is 11.6 Å². The van der Waals surface area contributed by atoms with Crippen LogP contribution in [0.3, 0.4) is 0 Å². The molecule has 0 amide bonds. The number of benzene rings is 1. The molecule has 0 unspecified atom stereocenters. The molecule has 1 aliphatic rings. The second-order valence-electron chi connectivity index (χ2n) is 4.02. The molecule has 0 saturated heterocycles. The standard InChI is InChI=1S/C11H11ClN4O/c12-8-2-1-3-10(6-8)17-7-11-13-14-15-16(11)9-4-5-9/h1-3,6,9H,4-5,7H2. The first-order chi connectivity index (χ1) is 8.33. The van der Waals surface area contributed by atoms with E-state index in [2.05, 4.69) is 15.5 Å². The summed E-state index contributed by atoms with van der Waals surface area (Å²) in [6.07, 6.45) is 2.30. The lowest BCUT2D eigenvalue weighted by atomic mass is 10.3. The lowest BCUT2D eigenvalue weighted by Crippen LogP contribution is -2.07. The van der Waals surface area contributed by atoms with Crippen LogP contribution in [0.4, 0.5) is 0 Å². The molecule has 1 saturated carbocycles. The quantitative estimate of drug-likeness (QED) is 0.835. The Labute approximate surface area is 103 Å². The van der Waals surface area contributed by atoms with Gasteiger partial charge in [0.25, 0.3) is 0 Å². The van der Waals surface area contributed by atoms with Crippen molar-refractivity contribution in [2.45, 2.75) is 25.5 Å². The van der Waals surface area contributed by atoms with E-state index in [9.17, 15) is 0 Å². The molecule has 1 aromatic heterocycles. The number of tetrazole rings is 1. The first-order valence-corrected chi connectivity index (χ1v) is 5.86. The Hall–Kier alpha value is -1.62. The smallest absolute Gasteiger partial charge is 0.189 e. The molecule has 0 N–H and O–H groups in total. The lowest BCUT2D eigenvalue weighted by molar-refractivity contribution is 0.286. The van der Waals surface area contributed by atoms with E-state index < -0.39 is 0 Å². The third kappa shape index (κ3) is 2.39. The van der Waals surface area contributed by atoms with Crippen molar-refractivity contribution in [1.82, 2.24) is 20.2 Å². The monoisotopic (exact) mass is 250 g/mol. The van der Waals surface area contributed by atoms with Crippen molar-refractivity contribution >= 4 is 11.6 Å². The fourth-order valence-corrected chi connectivity index (χ4v) is 1.79. The van der Waals surface area contributed by atoms with Crippen molar-refractivity contribution < 1.29 is 4.74 Å². The Kier molecular flexibility index (Phi) is 2.68. The zero-order valence-electron chi connectivity index (χ0n) is 9.08. The van der Waals surface area contributed by atoms with E-state index in [0.717, 1.165) is 24.4 Å². The minimum Gasteiger partial charge on any atom is -0.485 e. The number of hydrogen-bond donors (Lipinski definition) is 0. The summed E-state index contributed by atoms with van der Waals surface area (Å²) in [6.45, 7) is 0.365. The fraction of sp³-hybridized carbons (Fsp3) is 0.364. The maximum atomic E-state index is 5.87. The van der Waals surface area contributed by atoms with Crippen molar-refractivity contribution in [1.29, 1.82) is 0 Å². The Bertz CT molecular complexity index is 524. The molecule has 5 nitrogen and oxygen atoms in total. The SMILES string of the molecule is Clc1cccc(OCc2nnnn2C2CC2)c1. The van der Waals surface area contributed by atoms with Gasteiger partial charge in [-0.25, -0.2) is 4.68 Å². The fourth-order valence-electron chi connectivity index (χ4n) is 1.61. The van der Waals surface area contributed by atoms with Gasteiger partial charge in [0.2, 0.25) is 0 Å². The van der Waals surface area contributed by atoms with Gasteiger partial charge in [0.15, 0.2) is 5.82 Å². The average molecular weight is 251 g/mol. The van der Waals surface area contributed by atoms with Crippen LogP contribution in [0.2, 0.25) is 5.02 Å². The van der Waals surface area contributed by atoms with E-state index in [1.54, 1.807) is 6.07 Å². The predicted molar refractivity (Wildman–Crippen MR) is 61.9 cm³/mol. The van der Waals surface area contributed by atoms with Crippen molar-refractivity contribution in [2.24, 2.45) is 0 Å². The second-order valence-corrected chi connectivity index (χ2v) is 4.45. The summed E-state index contributed by atoms with van der Waals surface area (Å²) in [5.74, 6) is 1.48. The molecule has 0 radical (unpaired) electrons. The normalized spacial score (nSPS) is 14.9. The Balaban J connectivity index is 1.69. The molecule has 1 aliphatic carbocycles. The van der Waals surface area contributed by atoms with E-state index >= 15 is 0 Å². The van der Waals surface area contributed by atoms with E-state index in [1.807, 2.05) is 22.9 Å². The van der Waals surface area contributed by atoms with Gasteiger partial charge < -0.3 is 4.74 Å². The first-order valence-electron chi connectivity index (χ1n) is 5.48. The van der Waals surface area contributed by atoms with E-state index in [-0.39, 0.29) is 0 Å². The minimum absolute atomic E-state index is 0.365. The maximum absolute atomic E-state index is 5.87. The Morgan fingerprint density at radius 3 is 3.06 bits per heavy atom. The van der Waals surface area contributed by atoms with Crippen LogP contribution in [-0.4, -0.2) is 20.2 Å². The number of rotatable bonds is 4. The highest BCUT2D eigenvalue weighted by Gasteiger charge is 2.27. The molecular weight excluding hydrogens is 240 g/mol. The summed E-state index contributed by atoms with van der Waals surface area (Å²) >= 11 is 5.87. The highest BCUT2D eigenvalue weighted by atomic mass is 35.5. The molecule has 17 heavy (non-hydrogen) atoms. The maximum Gasteiger partial charge on any atom is 0.189 e. The lowest BCUT2D eigenvalue weighted by Gasteiger charge is -2.06. The average Bonchev–Trinajstić information content (AvgIpc) is 3.06. The zero-order chi connectivity index (χ0) is 11.7. The zero-order valence-corrected chi connectivity index (χ0v) is 9.84. The van der Waals surface area contributed by atoms with Gasteiger partial charge in [-0.2, -0.15) is 0 Å². The van der Waals surface area contributed by atoms with Gasteiger partial charge in [0.1, 0.15) is 12.4 Å². The van der Waals surface area contributed by atoms with Crippen LogP contribution in [0.5, 0.6) is 5.75 Å². The van der Waals surface area contributed by atoms with E-state index in [0.29, 0.717) is 17.7 Å². The molecule has 1 heterocycles. The molecule has 88 valence electrons.